The largest absolute Gasteiger partial charge is 0.399 e. The smallest absolute Gasteiger partial charge is 0.238 e. The Hall–Kier alpha value is -1.70. The molecule has 0 aliphatic rings. The van der Waals surface area contributed by atoms with E-state index in [2.05, 4.69) is 5.32 Å². The minimum absolute atomic E-state index is 0.0339. The summed E-state index contributed by atoms with van der Waals surface area (Å²) >= 11 is 1.60. The molecule has 2 aromatic carbocycles. The second-order valence-corrected chi connectivity index (χ2v) is 6.94. The number of nitrogens with one attached hydrogen (secondary N) is 1. The van der Waals surface area contributed by atoms with Crippen LogP contribution < -0.4 is 16.2 Å². The third kappa shape index (κ3) is 3.49. The van der Waals surface area contributed by atoms with E-state index in [1.165, 1.54) is 6.07 Å². The first kappa shape index (κ1) is 15.7. The maximum absolute atomic E-state index is 11.6. The molecule has 112 valence electrons. The lowest BCUT2D eigenvalue weighted by Crippen LogP contribution is -2.15. The van der Waals surface area contributed by atoms with Crippen molar-refractivity contribution in [3.05, 3.63) is 42.0 Å². The summed E-state index contributed by atoms with van der Waals surface area (Å²) in [5.74, 6) is 0. The number of rotatable bonds is 4. The molecule has 0 bridgehead atoms. The Morgan fingerprint density at radius 2 is 1.81 bits per heavy atom. The van der Waals surface area contributed by atoms with Gasteiger partial charge in [-0.1, -0.05) is 12.1 Å². The van der Waals surface area contributed by atoms with Gasteiger partial charge in [-0.25, -0.2) is 13.6 Å². The van der Waals surface area contributed by atoms with Crippen LogP contribution in [0.5, 0.6) is 0 Å². The molecule has 0 radical (unpaired) electrons. The van der Waals surface area contributed by atoms with Crippen LogP contribution in [0.4, 0.5) is 17.1 Å². The highest BCUT2D eigenvalue weighted by atomic mass is 32.2. The molecule has 2 rings (SSSR count). The highest BCUT2D eigenvalue weighted by molar-refractivity contribution is 7.98. The molecule has 0 heterocycles. The van der Waals surface area contributed by atoms with E-state index in [0.717, 1.165) is 10.6 Å². The maximum Gasteiger partial charge on any atom is 0.238 e. The van der Waals surface area contributed by atoms with Gasteiger partial charge in [0.15, 0.2) is 0 Å². The number of nitrogen functional groups attached to an aromatic ring is 1. The summed E-state index contributed by atoms with van der Waals surface area (Å²) in [6.45, 7) is 1.70. The summed E-state index contributed by atoms with van der Waals surface area (Å²) in [6.07, 6.45) is 1.97. The van der Waals surface area contributed by atoms with E-state index < -0.39 is 10.0 Å². The topological polar surface area (TPSA) is 98.2 Å². The van der Waals surface area contributed by atoms with Crippen molar-refractivity contribution >= 4 is 38.8 Å². The van der Waals surface area contributed by atoms with E-state index in [1.807, 2.05) is 30.5 Å². The quantitative estimate of drug-likeness (QED) is 0.593. The summed E-state index contributed by atoms with van der Waals surface area (Å²) in [7, 11) is -3.81. The SMILES string of the molecule is CSc1ccccc1Nc1cc(N)cc(S(N)(=O)=O)c1C. The first-order valence-electron chi connectivity index (χ1n) is 6.16. The van der Waals surface area contributed by atoms with Crippen LogP contribution >= 0.6 is 11.8 Å². The van der Waals surface area contributed by atoms with Gasteiger partial charge >= 0.3 is 0 Å². The van der Waals surface area contributed by atoms with Crippen molar-refractivity contribution in [2.45, 2.75) is 16.7 Å². The van der Waals surface area contributed by atoms with Crippen LogP contribution in [0, 0.1) is 6.92 Å². The fourth-order valence-corrected chi connectivity index (χ4v) is 3.42. The summed E-state index contributed by atoms with van der Waals surface area (Å²) in [5.41, 5.74) is 8.18. The molecule has 5 nitrogen and oxygen atoms in total. The molecule has 0 spiro atoms. The first-order valence-corrected chi connectivity index (χ1v) is 8.93. The van der Waals surface area contributed by atoms with E-state index in [0.29, 0.717) is 16.9 Å². The molecule has 0 aliphatic heterocycles. The Balaban J connectivity index is 2.53. The Bertz CT molecular complexity index is 774. The average Bonchev–Trinajstić information content (AvgIpc) is 2.42. The van der Waals surface area contributed by atoms with Gasteiger partial charge in [-0.15, -0.1) is 11.8 Å². The molecule has 0 atom stereocenters. The molecule has 21 heavy (non-hydrogen) atoms. The van der Waals surface area contributed by atoms with Gasteiger partial charge in [0, 0.05) is 16.3 Å². The molecule has 0 saturated carbocycles. The number of anilines is 3. The van der Waals surface area contributed by atoms with E-state index in [1.54, 1.807) is 24.8 Å². The number of thioether (sulfide) groups is 1. The zero-order valence-electron chi connectivity index (χ0n) is 11.8. The van der Waals surface area contributed by atoms with Crippen molar-refractivity contribution in [1.82, 2.24) is 0 Å². The lowest BCUT2D eigenvalue weighted by atomic mass is 10.1. The van der Waals surface area contributed by atoms with Gasteiger partial charge in [-0.05, 0) is 43.0 Å². The monoisotopic (exact) mass is 323 g/mol. The van der Waals surface area contributed by atoms with Crippen LogP contribution in [0.25, 0.3) is 0 Å². The fraction of sp³-hybridized carbons (Fsp3) is 0.143. The lowest BCUT2D eigenvalue weighted by molar-refractivity contribution is 0.597. The summed E-state index contributed by atoms with van der Waals surface area (Å²) in [4.78, 5) is 1.09. The minimum atomic E-state index is -3.81. The van der Waals surface area contributed by atoms with Crippen molar-refractivity contribution in [3.63, 3.8) is 0 Å². The zero-order valence-corrected chi connectivity index (χ0v) is 13.4. The minimum Gasteiger partial charge on any atom is -0.399 e. The highest BCUT2D eigenvalue weighted by Gasteiger charge is 2.16. The van der Waals surface area contributed by atoms with Crippen LogP contribution in [0.1, 0.15) is 5.56 Å². The van der Waals surface area contributed by atoms with Crippen molar-refractivity contribution in [2.24, 2.45) is 5.14 Å². The predicted octanol–water partition coefficient (Wildman–Crippen LogP) is 2.69. The molecule has 0 aliphatic carbocycles. The van der Waals surface area contributed by atoms with Crippen LogP contribution in [-0.4, -0.2) is 14.7 Å². The van der Waals surface area contributed by atoms with Crippen LogP contribution in [0.2, 0.25) is 0 Å². The predicted molar refractivity (Wildman–Crippen MR) is 88.5 cm³/mol. The van der Waals surface area contributed by atoms with Crippen molar-refractivity contribution < 1.29 is 8.42 Å². The lowest BCUT2D eigenvalue weighted by Gasteiger charge is -2.15. The van der Waals surface area contributed by atoms with Crippen molar-refractivity contribution in [1.29, 1.82) is 0 Å². The van der Waals surface area contributed by atoms with Gasteiger partial charge in [0.1, 0.15) is 0 Å². The second kappa shape index (κ2) is 5.97. The van der Waals surface area contributed by atoms with Crippen LogP contribution in [0.3, 0.4) is 0 Å². The van der Waals surface area contributed by atoms with Gasteiger partial charge in [0.2, 0.25) is 10.0 Å². The molecule has 0 unspecified atom stereocenters. The molecule has 7 heteroatoms. The summed E-state index contributed by atoms with van der Waals surface area (Å²) in [6, 6.07) is 10.8. The normalized spacial score (nSPS) is 11.4. The van der Waals surface area contributed by atoms with Gasteiger partial charge in [0.05, 0.1) is 10.6 Å². The van der Waals surface area contributed by atoms with Gasteiger partial charge in [-0.3, -0.25) is 0 Å². The number of primary sulfonamides is 1. The zero-order chi connectivity index (χ0) is 15.6. The fourth-order valence-electron chi connectivity index (χ4n) is 2.03. The first-order chi connectivity index (χ1) is 9.82. The number of hydrogen-bond acceptors (Lipinski definition) is 5. The number of nitrogens with two attached hydrogens (primary N) is 2. The highest BCUT2D eigenvalue weighted by Crippen LogP contribution is 2.32. The third-order valence-electron chi connectivity index (χ3n) is 3.07. The molecule has 0 fully saturated rings. The van der Waals surface area contributed by atoms with Crippen molar-refractivity contribution in [3.8, 4) is 0 Å². The number of sulfonamides is 1. The van der Waals surface area contributed by atoms with Crippen LogP contribution in [0.15, 0.2) is 46.2 Å². The van der Waals surface area contributed by atoms with E-state index in [4.69, 9.17) is 10.9 Å². The van der Waals surface area contributed by atoms with Gasteiger partial charge < -0.3 is 11.1 Å². The molecule has 2 aromatic rings. The Labute approximate surface area is 128 Å². The van der Waals surface area contributed by atoms with Crippen LogP contribution in [-0.2, 0) is 10.0 Å². The Kier molecular flexibility index (Phi) is 4.46. The molecule has 5 N–H and O–H groups in total. The van der Waals surface area contributed by atoms with Crippen molar-refractivity contribution in [2.75, 3.05) is 17.3 Å². The molecule has 0 saturated heterocycles. The number of hydrogen-bond donors (Lipinski definition) is 3. The number of para-hydroxylation sites is 1. The van der Waals surface area contributed by atoms with Gasteiger partial charge in [-0.2, -0.15) is 0 Å². The Morgan fingerprint density at radius 3 is 2.43 bits per heavy atom. The molecular formula is C14H17N3O2S2. The van der Waals surface area contributed by atoms with E-state index >= 15 is 0 Å². The molecular weight excluding hydrogens is 306 g/mol. The van der Waals surface area contributed by atoms with Gasteiger partial charge in [0.25, 0.3) is 0 Å². The second-order valence-electron chi connectivity index (χ2n) is 4.56. The standard InChI is InChI=1S/C14H17N3O2S2/c1-9-12(7-10(15)8-14(9)21(16,18)19)17-11-5-3-4-6-13(11)20-2/h3-8,17H,15H2,1-2H3,(H2,16,18,19). The Morgan fingerprint density at radius 1 is 1.14 bits per heavy atom. The van der Waals surface area contributed by atoms with E-state index in [9.17, 15) is 8.42 Å². The molecule has 0 aromatic heterocycles. The van der Waals surface area contributed by atoms with E-state index in [-0.39, 0.29) is 4.90 Å². The average molecular weight is 323 g/mol. The number of benzene rings is 2. The third-order valence-corrected chi connectivity index (χ3v) is 4.90. The summed E-state index contributed by atoms with van der Waals surface area (Å²) in [5, 5.41) is 8.45. The maximum atomic E-state index is 11.6. The molecule has 0 amide bonds. The summed E-state index contributed by atoms with van der Waals surface area (Å²) < 4.78 is 23.2.